The van der Waals surface area contributed by atoms with Gasteiger partial charge in [-0.15, -0.1) is 0 Å². The Hall–Kier alpha value is -0.0400. The number of rotatable bonds is 11. The molecule has 0 aromatic rings. The van der Waals surface area contributed by atoms with Gasteiger partial charge in [0.2, 0.25) is 0 Å². The van der Waals surface area contributed by atoms with Gasteiger partial charge < -0.3 is 4.74 Å². The Morgan fingerprint density at radius 1 is 1.00 bits per heavy atom. The van der Waals surface area contributed by atoms with E-state index in [9.17, 15) is 0 Å². The van der Waals surface area contributed by atoms with Crippen molar-refractivity contribution >= 4 is 0 Å². The summed E-state index contributed by atoms with van der Waals surface area (Å²) in [5.41, 5.74) is 0. The molecule has 1 atom stereocenters. The molecular formula is C14H29O. The Morgan fingerprint density at radius 3 is 2.20 bits per heavy atom. The van der Waals surface area contributed by atoms with Gasteiger partial charge in [-0.3, -0.25) is 0 Å². The Labute approximate surface area is 96.6 Å². The summed E-state index contributed by atoms with van der Waals surface area (Å²) < 4.78 is 5.67. The molecule has 0 amide bonds. The Kier molecular flexibility index (Phi) is 12.0. The van der Waals surface area contributed by atoms with Gasteiger partial charge in [0.25, 0.3) is 0 Å². The number of hydrogen-bond donors (Lipinski definition) is 0. The summed E-state index contributed by atoms with van der Waals surface area (Å²) in [6.45, 7) is 9.18. The number of hydrogen-bond acceptors (Lipinski definition) is 1. The first-order valence-electron chi connectivity index (χ1n) is 6.72. The minimum absolute atomic E-state index is 0.405. The van der Waals surface area contributed by atoms with Crippen molar-refractivity contribution in [3.63, 3.8) is 0 Å². The summed E-state index contributed by atoms with van der Waals surface area (Å²) in [5, 5.41) is 0. The van der Waals surface area contributed by atoms with E-state index in [-0.39, 0.29) is 0 Å². The molecule has 0 fully saturated rings. The van der Waals surface area contributed by atoms with Crippen LogP contribution >= 0.6 is 0 Å². The zero-order chi connectivity index (χ0) is 11.4. The SMILES string of the molecule is [CH2]CCC(C)OCCCCCCCCC. The zero-order valence-corrected chi connectivity index (χ0v) is 10.8. The summed E-state index contributed by atoms with van der Waals surface area (Å²) >= 11 is 0. The van der Waals surface area contributed by atoms with Crippen LogP contribution in [0.4, 0.5) is 0 Å². The molecule has 91 valence electrons. The van der Waals surface area contributed by atoms with E-state index in [1.54, 1.807) is 0 Å². The van der Waals surface area contributed by atoms with E-state index in [4.69, 9.17) is 4.74 Å². The normalized spacial score (nSPS) is 13.0. The van der Waals surface area contributed by atoms with Gasteiger partial charge in [-0.25, -0.2) is 0 Å². The van der Waals surface area contributed by atoms with Gasteiger partial charge in [-0.05, 0) is 19.8 Å². The second-order valence-corrected chi connectivity index (χ2v) is 4.44. The summed E-state index contributed by atoms with van der Waals surface area (Å²) in [6, 6.07) is 0. The molecule has 0 aliphatic carbocycles. The minimum atomic E-state index is 0.405. The Morgan fingerprint density at radius 2 is 1.60 bits per heavy atom. The van der Waals surface area contributed by atoms with Gasteiger partial charge in [-0.1, -0.05) is 58.8 Å². The highest BCUT2D eigenvalue weighted by Crippen LogP contribution is 2.08. The molecule has 1 radical (unpaired) electrons. The number of unbranched alkanes of at least 4 members (excludes halogenated alkanes) is 6. The van der Waals surface area contributed by atoms with Crippen LogP contribution in [0.25, 0.3) is 0 Å². The molecule has 1 heteroatoms. The minimum Gasteiger partial charge on any atom is -0.379 e. The molecule has 15 heavy (non-hydrogen) atoms. The summed E-state index contributed by atoms with van der Waals surface area (Å²) in [5.74, 6) is 0. The fourth-order valence-electron chi connectivity index (χ4n) is 1.71. The fraction of sp³-hybridized carbons (Fsp3) is 0.929. The predicted molar refractivity (Wildman–Crippen MR) is 68.0 cm³/mol. The average Bonchev–Trinajstić information content (AvgIpc) is 2.22. The van der Waals surface area contributed by atoms with E-state index in [2.05, 4.69) is 20.8 Å². The van der Waals surface area contributed by atoms with Crippen molar-refractivity contribution in [1.82, 2.24) is 0 Å². The second kappa shape index (κ2) is 12.0. The van der Waals surface area contributed by atoms with Crippen LogP contribution in [-0.2, 0) is 4.74 Å². The van der Waals surface area contributed by atoms with Gasteiger partial charge in [0.15, 0.2) is 0 Å². The van der Waals surface area contributed by atoms with E-state index in [1.165, 1.54) is 44.9 Å². The maximum Gasteiger partial charge on any atom is 0.0547 e. The first-order valence-corrected chi connectivity index (χ1v) is 6.72. The van der Waals surface area contributed by atoms with Crippen LogP contribution in [0.2, 0.25) is 0 Å². The molecule has 0 heterocycles. The summed E-state index contributed by atoms with van der Waals surface area (Å²) in [7, 11) is 0. The van der Waals surface area contributed by atoms with Gasteiger partial charge >= 0.3 is 0 Å². The van der Waals surface area contributed by atoms with Crippen molar-refractivity contribution in [2.24, 2.45) is 0 Å². The lowest BCUT2D eigenvalue weighted by atomic mass is 10.1. The third-order valence-electron chi connectivity index (χ3n) is 2.76. The molecule has 0 N–H and O–H groups in total. The predicted octanol–water partition coefficient (Wildman–Crippen LogP) is 4.76. The van der Waals surface area contributed by atoms with Crippen molar-refractivity contribution in [2.45, 2.75) is 77.7 Å². The van der Waals surface area contributed by atoms with Crippen LogP contribution in [0.5, 0.6) is 0 Å². The summed E-state index contributed by atoms with van der Waals surface area (Å²) in [4.78, 5) is 0. The Balaban J connectivity index is 2.98. The standard InChI is InChI=1S/C14H29O/c1-4-6-7-8-9-10-11-13-15-14(3)12-5-2/h14H,2,4-13H2,1,3H3. The maximum absolute atomic E-state index is 5.67. The highest BCUT2D eigenvalue weighted by atomic mass is 16.5. The molecule has 0 aromatic heterocycles. The third-order valence-corrected chi connectivity index (χ3v) is 2.76. The topological polar surface area (TPSA) is 9.23 Å². The Bertz CT molecular complexity index is 112. The zero-order valence-electron chi connectivity index (χ0n) is 10.8. The van der Waals surface area contributed by atoms with E-state index in [1.807, 2.05) is 0 Å². The average molecular weight is 213 g/mol. The monoisotopic (exact) mass is 213 g/mol. The molecule has 0 aromatic carbocycles. The molecule has 0 bridgehead atoms. The first-order chi connectivity index (χ1) is 7.31. The first kappa shape index (κ1) is 15.0. The maximum atomic E-state index is 5.67. The lowest BCUT2D eigenvalue weighted by Gasteiger charge is -2.11. The quantitative estimate of drug-likeness (QED) is 0.450. The second-order valence-electron chi connectivity index (χ2n) is 4.44. The van der Waals surface area contributed by atoms with Crippen LogP contribution < -0.4 is 0 Å². The van der Waals surface area contributed by atoms with Crippen molar-refractivity contribution in [2.75, 3.05) is 6.61 Å². The van der Waals surface area contributed by atoms with Crippen LogP contribution in [0.15, 0.2) is 0 Å². The molecular weight excluding hydrogens is 184 g/mol. The van der Waals surface area contributed by atoms with Crippen molar-refractivity contribution in [1.29, 1.82) is 0 Å². The van der Waals surface area contributed by atoms with Crippen LogP contribution in [0.1, 0.15) is 71.6 Å². The van der Waals surface area contributed by atoms with Gasteiger partial charge in [0.05, 0.1) is 6.10 Å². The van der Waals surface area contributed by atoms with E-state index < -0.39 is 0 Å². The lowest BCUT2D eigenvalue weighted by Crippen LogP contribution is -2.08. The van der Waals surface area contributed by atoms with E-state index in [0.29, 0.717) is 6.10 Å². The molecule has 0 spiro atoms. The lowest BCUT2D eigenvalue weighted by molar-refractivity contribution is 0.0580. The molecule has 0 saturated carbocycles. The van der Waals surface area contributed by atoms with Crippen LogP contribution in [0.3, 0.4) is 0 Å². The molecule has 0 rings (SSSR count). The summed E-state index contributed by atoms with van der Waals surface area (Å²) in [6.07, 6.45) is 12.0. The number of ether oxygens (including phenoxy) is 1. The highest BCUT2D eigenvalue weighted by Gasteiger charge is 1.99. The van der Waals surface area contributed by atoms with Crippen LogP contribution in [-0.4, -0.2) is 12.7 Å². The van der Waals surface area contributed by atoms with Gasteiger partial charge in [0.1, 0.15) is 0 Å². The fourth-order valence-corrected chi connectivity index (χ4v) is 1.71. The third kappa shape index (κ3) is 11.9. The van der Waals surface area contributed by atoms with Gasteiger partial charge in [0, 0.05) is 6.61 Å². The molecule has 0 aliphatic heterocycles. The largest absolute Gasteiger partial charge is 0.379 e. The van der Waals surface area contributed by atoms with Crippen molar-refractivity contribution < 1.29 is 4.74 Å². The van der Waals surface area contributed by atoms with Crippen molar-refractivity contribution in [3.05, 3.63) is 6.92 Å². The van der Waals surface area contributed by atoms with Crippen LogP contribution in [0, 0.1) is 6.92 Å². The van der Waals surface area contributed by atoms with Crippen molar-refractivity contribution in [3.8, 4) is 0 Å². The van der Waals surface area contributed by atoms with E-state index >= 15 is 0 Å². The highest BCUT2D eigenvalue weighted by molar-refractivity contribution is 4.52. The molecule has 0 saturated heterocycles. The molecule has 1 unspecified atom stereocenters. The molecule has 0 aliphatic rings. The smallest absolute Gasteiger partial charge is 0.0547 e. The molecule has 1 nitrogen and oxygen atoms in total. The van der Waals surface area contributed by atoms with Gasteiger partial charge in [-0.2, -0.15) is 0 Å². The van der Waals surface area contributed by atoms with E-state index in [0.717, 1.165) is 19.4 Å².